The molecule has 0 spiro atoms. The number of nitrogens with zero attached hydrogens (tertiary/aromatic N) is 4. The van der Waals surface area contributed by atoms with E-state index in [-0.39, 0.29) is 18.3 Å². The van der Waals surface area contributed by atoms with Gasteiger partial charge in [0.05, 0.1) is 5.69 Å². The maximum absolute atomic E-state index is 12.8. The third-order valence-electron chi connectivity index (χ3n) is 5.00. The highest BCUT2D eigenvalue weighted by Crippen LogP contribution is 2.19. The Bertz CT molecular complexity index is 760. The summed E-state index contributed by atoms with van der Waals surface area (Å²) in [5.41, 5.74) is 1.34. The largest absolute Gasteiger partial charge is 0.336 e. The van der Waals surface area contributed by atoms with Crippen LogP contribution in [-0.4, -0.2) is 70.8 Å². The summed E-state index contributed by atoms with van der Waals surface area (Å²) in [6, 6.07) is 9.70. The summed E-state index contributed by atoms with van der Waals surface area (Å²) in [5.74, 6) is 0.0124. The van der Waals surface area contributed by atoms with E-state index < -0.39 is 0 Å². The van der Waals surface area contributed by atoms with Crippen LogP contribution in [0.15, 0.2) is 36.5 Å². The van der Waals surface area contributed by atoms with Crippen LogP contribution in [-0.2, 0) is 0 Å². The van der Waals surface area contributed by atoms with Gasteiger partial charge in [-0.25, -0.2) is 4.68 Å². The molecule has 6 nitrogen and oxygen atoms in total. The molecule has 2 aromatic rings. The Morgan fingerprint density at radius 2 is 2.00 bits per heavy atom. The van der Waals surface area contributed by atoms with Crippen LogP contribution in [0.4, 0.5) is 0 Å². The maximum Gasteiger partial charge on any atom is 0.274 e. The van der Waals surface area contributed by atoms with Crippen molar-refractivity contribution in [1.82, 2.24) is 24.9 Å². The SMILES string of the molecule is Cl.O=C(c1ccn(-c2cccc(Cl)c2)n1)N1CCC(N2CCNCC2)C1. The zero-order chi connectivity index (χ0) is 17.2. The molecule has 0 bridgehead atoms. The Morgan fingerprint density at radius 3 is 2.77 bits per heavy atom. The number of carbonyl (C=O) groups is 1. The van der Waals surface area contributed by atoms with Gasteiger partial charge in [0, 0.05) is 56.5 Å². The van der Waals surface area contributed by atoms with Gasteiger partial charge in [-0.05, 0) is 30.7 Å². The lowest BCUT2D eigenvalue weighted by Crippen LogP contribution is -2.49. The van der Waals surface area contributed by atoms with Crippen LogP contribution in [0.25, 0.3) is 5.69 Å². The molecule has 1 aromatic carbocycles. The lowest BCUT2D eigenvalue weighted by atomic mass is 10.2. The van der Waals surface area contributed by atoms with Crippen molar-refractivity contribution in [2.24, 2.45) is 0 Å². The van der Waals surface area contributed by atoms with E-state index in [1.165, 1.54) is 0 Å². The van der Waals surface area contributed by atoms with Crippen LogP contribution in [0.1, 0.15) is 16.9 Å². The number of piperazine rings is 1. The summed E-state index contributed by atoms with van der Waals surface area (Å²) in [4.78, 5) is 17.2. The van der Waals surface area contributed by atoms with Gasteiger partial charge in [-0.2, -0.15) is 5.10 Å². The van der Waals surface area contributed by atoms with Crippen molar-refractivity contribution in [1.29, 1.82) is 0 Å². The molecule has 1 atom stereocenters. The van der Waals surface area contributed by atoms with Crippen molar-refractivity contribution in [3.05, 3.63) is 47.2 Å². The summed E-state index contributed by atoms with van der Waals surface area (Å²) in [6.45, 7) is 5.80. The number of benzene rings is 1. The molecule has 0 radical (unpaired) electrons. The Kier molecular flexibility index (Phi) is 6.19. The van der Waals surface area contributed by atoms with Gasteiger partial charge in [0.1, 0.15) is 0 Å². The molecule has 26 heavy (non-hydrogen) atoms. The molecule has 3 heterocycles. The monoisotopic (exact) mass is 395 g/mol. The van der Waals surface area contributed by atoms with Crippen LogP contribution in [0, 0.1) is 0 Å². The fourth-order valence-electron chi connectivity index (χ4n) is 3.63. The van der Waals surface area contributed by atoms with Gasteiger partial charge in [0.15, 0.2) is 5.69 Å². The van der Waals surface area contributed by atoms with Crippen LogP contribution >= 0.6 is 24.0 Å². The van der Waals surface area contributed by atoms with Gasteiger partial charge in [-0.15, -0.1) is 12.4 Å². The Hall–Kier alpha value is -1.60. The molecule has 1 unspecified atom stereocenters. The zero-order valence-corrected chi connectivity index (χ0v) is 16.0. The van der Waals surface area contributed by atoms with Crippen molar-refractivity contribution in [3.8, 4) is 5.69 Å². The number of aromatic nitrogens is 2. The quantitative estimate of drug-likeness (QED) is 0.863. The fourth-order valence-corrected chi connectivity index (χ4v) is 3.82. The molecule has 2 fully saturated rings. The van der Waals surface area contributed by atoms with Crippen LogP contribution in [0.5, 0.6) is 0 Å². The molecule has 1 amide bonds. The molecular formula is C18H23Cl2N5O. The van der Waals surface area contributed by atoms with Gasteiger partial charge in [0.2, 0.25) is 0 Å². The Balaban J connectivity index is 0.00000196. The predicted molar refractivity (Wildman–Crippen MR) is 105 cm³/mol. The first-order valence-corrected chi connectivity index (χ1v) is 9.14. The van der Waals surface area contributed by atoms with Crippen LogP contribution in [0.2, 0.25) is 5.02 Å². The van der Waals surface area contributed by atoms with E-state index in [4.69, 9.17) is 11.6 Å². The lowest BCUT2D eigenvalue weighted by Gasteiger charge is -2.32. The summed E-state index contributed by atoms with van der Waals surface area (Å²) >= 11 is 6.03. The normalized spacial score (nSPS) is 20.8. The molecular weight excluding hydrogens is 373 g/mol. The molecule has 2 saturated heterocycles. The molecule has 0 saturated carbocycles. The third kappa shape index (κ3) is 4.04. The number of hydrogen-bond donors (Lipinski definition) is 1. The average Bonchev–Trinajstić information content (AvgIpc) is 3.32. The number of amides is 1. The van der Waals surface area contributed by atoms with Crippen LogP contribution in [0.3, 0.4) is 0 Å². The van der Waals surface area contributed by atoms with Crippen molar-refractivity contribution >= 4 is 29.9 Å². The summed E-state index contributed by atoms with van der Waals surface area (Å²) in [6.07, 6.45) is 2.85. The Morgan fingerprint density at radius 1 is 1.19 bits per heavy atom. The molecule has 8 heteroatoms. The third-order valence-corrected chi connectivity index (χ3v) is 5.23. The number of rotatable bonds is 3. The second-order valence-electron chi connectivity index (χ2n) is 6.61. The van der Waals surface area contributed by atoms with Crippen LogP contribution < -0.4 is 5.32 Å². The second-order valence-corrected chi connectivity index (χ2v) is 7.04. The van der Waals surface area contributed by atoms with E-state index in [0.717, 1.165) is 51.4 Å². The zero-order valence-electron chi connectivity index (χ0n) is 14.5. The first kappa shape index (κ1) is 19.2. The number of hydrogen-bond acceptors (Lipinski definition) is 4. The standard InChI is InChI=1S/C18H22ClN5O.ClH/c19-14-2-1-3-15(12-14)24-9-5-17(21-24)18(25)23-8-4-16(13-23)22-10-6-20-7-11-22;/h1-3,5,9,12,16,20H,4,6-8,10-11,13H2;1H. The van der Waals surface area contributed by atoms with E-state index in [9.17, 15) is 4.79 Å². The minimum absolute atomic E-state index is 0. The first-order valence-electron chi connectivity index (χ1n) is 8.76. The molecule has 0 aliphatic carbocycles. The first-order chi connectivity index (χ1) is 12.2. The van der Waals surface area contributed by atoms with Gasteiger partial charge in [0.25, 0.3) is 5.91 Å². The molecule has 1 N–H and O–H groups in total. The number of likely N-dealkylation sites (tertiary alicyclic amines) is 1. The van der Waals surface area contributed by atoms with Crippen molar-refractivity contribution in [2.75, 3.05) is 39.3 Å². The van der Waals surface area contributed by atoms with Gasteiger partial charge < -0.3 is 10.2 Å². The number of carbonyl (C=O) groups excluding carboxylic acids is 1. The topological polar surface area (TPSA) is 53.4 Å². The highest BCUT2D eigenvalue weighted by atomic mass is 35.5. The van der Waals surface area contributed by atoms with E-state index in [0.29, 0.717) is 16.8 Å². The molecule has 4 rings (SSSR count). The maximum atomic E-state index is 12.8. The highest BCUT2D eigenvalue weighted by molar-refractivity contribution is 6.30. The Labute approximate surface area is 164 Å². The lowest BCUT2D eigenvalue weighted by molar-refractivity contribution is 0.0767. The molecule has 1 aromatic heterocycles. The summed E-state index contributed by atoms with van der Waals surface area (Å²) in [5, 5.41) is 8.47. The minimum Gasteiger partial charge on any atom is -0.336 e. The molecule has 2 aliphatic heterocycles. The van der Waals surface area contributed by atoms with Crippen molar-refractivity contribution < 1.29 is 4.79 Å². The number of halogens is 2. The summed E-state index contributed by atoms with van der Waals surface area (Å²) in [7, 11) is 0. The fraction of sp³-hybridized carbons (Fsp3) is 0.444. The van der Waals surface area contributed by atoms with E-state index in [2.05, 4.69) is 15.3 Å². The van der Waals surface area contributed by atoms with Crippen molar-refractivity contribution in [2.45, 2.75) is 12.5 Å². The summed E-state index contributed by atoms with van der Waals surface area (Å²) < 4.78 is 1.70. The molecule has 2 aliphatic rings. The van der Waals surface area contributed by atoms with Gasteiger partial charge >= 0.3 is 0 Å². The predicted octanol–water partition coefficient (Wildman–Crippen LogP) is 2.07. The van der Waals surface area contributed by atoms with E-state index >= 15 is 0 Å². The van der Waals surface area contributed by atoms with Crippen molar-refractivity contribution in [3.63, 3.8) is 0 Å². The highest BCUT2D eigenvalue weighted by Gasteiger charge is 2.32. The van der Waals surface area contributed by atoms with Gasteiger partial charge in [-0.3, -0.25) is 9.69 Å². The second kappa shape index (κ2) is 8.39. The smallest absolute Gasteiger partial charge is 0.274 e. The van der Waals surface area contributed by atoms with E-state index in [1.807, 2.05) is 35.4 Å². The minimum atomic E-state index is 0. The van der Waals surface area contributed by atoms with E-state index in [1.54, 1.807) is 10.7 Å². The average molecular weight is 396 g/mol. The molecule has 140 valence electrons. The van der Waals surface area contributed by atoms with Gasteiger partial charge in [-0.1, -0.05) is 17.7 Å². The number of nitrogens with one attached hydrogen (secondary N) is 1.